The first-order chi connectivity index (χ1) is 7.10. The highest BCUT2D eigenvalue weighted by atomic mass is 16.6. The maximum absolute atomic E-state index is 10.7. The zero-order chi connectivity index (χ0) is 11.7. The maximum atomic E-state index is 10.7. The van der Waals surface area contributed by atoms with Crippen LogP contribution >= 0.6 is 0 Å². The summed E-state index contributed by atoms with van der Waals surface area (Å²) in [4.78, 5) is 10.7. The van der Waals surface area contributed by atoms with E-state index >= 15 is 0 Å². The zero-order valence-corrected chi connectivity index (χ0v) is 9.27. The Labute approximate surface area is 90.5 Å². The largest absolute Gasteiger partial charge is 0.499 e. The lowest BCUT2D eigenvalue weighted by Gasteiger charge is -2.18. The molecule has 0 rings (SSSR count). The Morgan fingerprint density at radius 1 is 1.27 bits per heavy atom. The normalized spacial score (nSPS) is 13.7. The minimum Gasteiger partial charge on any atom is -0.499 e. The van der Waals surface area contributed by atoms with Crippen molar-refractivity contribution in [3.63, 3.8) is 0 Å². The van der Waals surface area contributed by atoms with Crippen LogP contribution in [0.5, 0.6) is 0 Å². The first-order valence-electron chi connectivity index (χ1n) is 4.77. The van der Waals surface area contributed by atoms with E-state index < -0.39 is 5.97 Å². The zero-order valence-electron chi connectivity index (χ0n) is 9.27. The molecule has 0 saturated heterocycles. The van der Waals surface area contributed by atoms with Gasteiger partial charge in [-0.1, -0.05) is 13.2 Å². The van der Waals surface area contributed by atoms with Gasteiger partial charge in [-0.2, -0.15) is 0 Å². The summed E-state index contributed by atoms with van der Waals surface area (Å²) < 4.78 is 15.2. The van der Waals surface area contributed by atoms with Crippen LogP contribution in [0.25, 0.3) is 0 Å². The second kappa shape index (κ2) is 8.05. The minimum atomic E-state index is -0.444. The Bertz CT molecular complexity index is 213. The van der Waals surface area contributed by atoms with Crippen LogP contribution in [0.4, 0.5) is 0 Å². The number of carbonyl (C=O) groups is 1. The highest BCUT2D eigenvalue weighted by Crippen LogP contribution is 2.00. The van der Waals surface area contributed by atoms with E-state index in [0.717, 1.165) is 6.08 Å². The summed E-state index contributed by atoms with van der Waals surface area (Å²) >= 11 is 0. The van der Waals surface area contributed by atoms with E-state index in [1.807, 2.05) is 13.8 Å². The molecule has 0 saturated carbocycles. The van der Waals surface area contributed by atoms with Gasteiger partial charge in [-0.05, 0) is 13.8 Å². The Hall–Kier alpha value is -1.29. The van der Waals surface area contributed by atoms with Gasteiger partial charge in [0.25, 0.3) is 0 Å². The molecule has 0 radical (unpaired) electrons. The van der Waals surface area contributed by atoms with Crippen molar-refractivity contribution < 1.29 is 19.0 Å². The summed E-state index contributed by atoms with van der Waals surface area (Å²) in [7, 11) is 0. The van der Waals surface area contributed by atoms with Gasteiger partial charge in [-0.3, -0.25) is 0 Å². The van der Waals surface area contributed by atoms with Gasteiger partial charge in [0.05, 0.1) is 18.5 Å². The molecule has 86 valence electrons. The average Bonchev–Trinajstić information content (AvgIpc) is 2.22. The second-order valence-corrected chi connectivity index (χ2v) is 3.09. The summed E-state index contributed by atoms with van der Waals surface area (Å²) in [6.07, 6.45) is 2.25. The van der Waals surface area contributed by atoms with Gasteiger partial charge < -0.3 is 14.2 Å². The molecular formula is C11H18O4. The first-order valence-corrected chi connectivity index (χ1v) is 4.77. The number of ether oxygens (including phenoxy) is 3. The van der Waals surface area contributed by atoms with Crippen molar-refractivity contribution in [2.45, 2.75) is 26.1 Å². The van der Waals surface area contributed by atoms with E-state index in [-0.39, 0.29) is 18.8 Å². The molecule has 0 aromatic carbocycles. The van der Waals surface area contributed by atoms with Gasteiger partial charge in [0.15, 0.2) is 0 Å². The van der Waals surface area contributed by atoms with Gasteiger partial charge in [0.1, 0.15) is 13.2 Å². The van der Waals surface area contributed by atoms with E-state index in [1.54, 1.807) is 0 Å². The molecule has 0 aromatic heterocycles. The molecule has 0 aliphatic carbocycles. The predicted octanol–water partition coefficient (Wildman–Crippen LogP) is 1.67. The van der Waals surface area contributed by atoms with E-state index in [0.29, 0.717) is 6.61 Å². The maximum Gasteiger partial charge on any atom is 0.330 e. The van der Waals surface area contributed by atoms with Crippen LogP contribution in [-0.2, 0) is 19.0 Å². The average molecular weight is 214 g/mol. The van der Waals surface area contributed by atoms with Gasteiger partial charge in [-0.15, -0.1) is 0 Å². The lowest BCUT2D eigenvalue weighted by molar-refractivity contribution is -0.143. The number of rotatable bonds is 8. The predicted molar refractivity (Wildman–Crippen MR) is 57.3 cm³/mol. The third-order valence-electron chi connectivity index (χ3n) is 1.54. The number of hydrogen-bond donors (Lipinski definition) is 0. The van der Waals surface area contributed by atoms with Gasteiger partial charge in [0, 0.05) is 6.08 Å². The summed E-state index contributed by atoms with van der Waals surface area (Å²) in [5.74, 6) is -0.444. The molecule has 0 amide bonds. The van der Waals surface area contributed by atoms with Gasteiger partial charge in [0.2, 0.25) is 0 Å². The molecule has 2 unspecified atom stereocenters. The third kappa shape index (κ3) is 7.76. The summed E-state index contributed by atoms with van der Waals surface area (Å²) in [6, 6.07) is 0. The Morgan fingerprint density at radius 2 is 1.87 bits per heavy atom. The number of esters is 1. The van der Waals surface area contributed by atoms with E-state index in [9.17, 15) is 4.79 Å². The van der Waals surface area contributed by atoms with Crippen molar-refractivity contribution in [2.75, 3.05) is 13.2 Å². The molecular weight excluding hydrogens is 196 g/mol. The first kappa shape index (κ1) is 13.7. The summed E-state index contributed by atoms with van der Waals surface area (Å²) in [5, 5.41) is 0. The molecule has 15 heavy (non-hydrogen) atoms. The van der Waals surface area contributed by atoms with Crippen molar-refractivity contribution >= 4 is 5.97 Å². The highest BCUT2D eigenvalue weighted by Gasteiger charge is 2.10. The van der Waals surface area contributed by atoms with Crippen LogP contribution in [0.1, 0.15) is 13.8 Å². The molecule has 4 heteroatoms. The van der Waals surface area contributed by atoms with Gasteiger partial charge in [-0.25, -0.2) is 4.79 Å². The fraction of sp³-hybridized carbons (Fsp3) is 0.545. The second-order valence-electron chi connectivity index (χ2n) is 3.09. The minimum absolute atomic E-state index is 0.0690. The van der Waals surface area contributed by atoms with Crippen LogP contribution < -0.4 is 0 Å². The summed E-state index contributed by atoms with van der Waals surface area (Å²) in [5.41, 5.74) is 0. The molecule has 0 aliphatic heterocycles. The lowest BCUT2D eigenvalue weighted by Crippen LogP contribution is -2.25. The quantitative estimate of drug-likeness (QED) is 0.350. The Morgan fingerprint density at radius 3 is 2.40 bits per heavy atom. The van der Waals surface area contributed by atoms with Crippen molar-refractivity contribution in [3.05, 3.63) is 25.5 Å². The summed E-state index contributed by atoms with van der Waals surface area (Å²) in [6.45, 7) is 11.1. The molecule has 0 aliphatic rings. The van der Waals surface area contributed by atoms with Crippen LogP contribution in [0, 0.1) is 0 Å². The number of carbonyl (C=O) groups excluding carboxylic acids is 1. The highest BCUT2D eigenvalue weighted by molar-refractivity contribution is 5.81. The molecule has 0 spiro atoms. The van der Waals surface area contributed by atoms with E-state index in [4.69, 9.17) is 14.2 Å². The fourth-order valence-corrected chi connectivity index (χ4v) is 0.937. The van der Waals surface area contributed by atoms with Crippen LogP contribution in [0.2, 0.25) is 0 Å². The molecule has 0 N–H and O–H groups in total. The molecule has 0 aromatic rings. The molecule has 0 bridgehead atoms. The fourth-order valence-electron chi connectivity index (χ4n) is 0.937. The third-order valence-corrected chi connectivity index (χ3v) is 1.54. The number of hydrogen-bond acceptors (Lipinski definition) is 4. The van der Waals surface area contributed by atoms with Crippen molar-refractivity contribution in [2.24, 2.45) is 0 Å². The smallest absolute Gasteiger partial charge is 0.330 e. The Kier molecular flexibility index (Phi) is 7.36. The standard InChI is InChI=1S/C11H18O4/c1-5-11(12)14-8-10(4)15-9(3)7-13-6-2/h5-6,9-10H,1-2,7-8H2,3-4H3. The van der Waals surface area contributed by atoms with E-state index in [2.05, 4.69) is 13.2 Å². The molecule has 2 atom stereocenters. The van der Waals surface area contributed by atoms with Crippen molar-refractivity contribution in [3.8, 4) is 0 Å². The van der Waals surface area contributed by atoms with Crippen LogP contribution in [-0.4, -0.2) is 31.4 Å². The monoisotopic (exact) mass is 214 g/mol. The van der Waals surface area contributed by atoms with Crippen LogP contribution in [0.15, 0.2) is 25.5 Å². The SMILES string of the molecule is C=COCC(C)OC(C)COC(=O)C=C. The van der Waals surface area contributed by atoms with Crippen molar-refractivity contribution in [1.29, 1.82) is 0 Å². The molecule has 0 fully saturated rings. The topological polar surface area (TPSA) is 44.8 Å². The molecule has 4 nitrogen and oxygen atoms in total. The lowest BCUT2D eigenvalue weighted by atomic mass is 10.4. The van der Waals surface area contributed by atoms with E-state index in [1.165, 1.54) is 6.26 Å². The Balaban J connectivity index is 3.62. The van der Waals surface area contributed by atoms with Gasteiger partial charge >= 0.3 is 5.97 Å². The van der Waals surface area contributed by atoms with Crippen LogP contribution in [0.3, 0.4) is 0 Å². The van der Waals surface area contributed by atoms with Crippen molar-refractivity contribution in [1.82, 2.24) is 0 Å². The molecule has 0 heterocycles.